The van der Waals surface area contributed by atoms with Crippen molar-refractivity contribution in [2.45, 2.75) is 35.8 Å². The topological polar surface area (TPSA) is 70.2 Å². The van der Waals surface area contributed by atoms with Gasteiger partial charge in [0.1, 0.15) is 0 Å². The minimum Gasteiger partial charge on any atom is -0.358 e. The van der Waals surface area contributed by atoms with Crippen LogP contribution in [-0.2, 0) is 4.79 Å². The number of urea groups is 1. The molecule has 0 unspecified atom stereocenters. The maximum atomic E-state index is 11.6. The van der Waals surface area contributed by atoms with Gasteiger partial charge in [0.2, 0.25) is 5.91 Å². The van der Waals surface area contributed by atoms with Crippen LogP contribution in [0.25, 0.3) is 0 Å². The van der Waals surface area contributed by atoms with E-state index in [0.717, 1.165) is 10.9 Å². The molecule has 0 bridgehead atoms. The minimum absolute atomic E-state index is 0.0298. The molecular formula is C15H21N3O2S. The Morgan fingerprint density at radius 2 is 1.86 bits per heavy atom. The molecule has 1 fully saturated rings. The molecule has 2 rings (SSSR count). The van der Waals surface area contributed by atoms with Gasteiger partial charge in [0.25, 0.3) is 0 Å². The van der Waals surface area contributed by atoms with Crippen LogP contribution in [0.2, 0.25) is 0 Å². The number of rotatable bonds is 5. The van der Waals surface area contributed by atoms with Crippen LogP contribution in [0.3, 0.4) is 0 Å². The summed E-state index contributed by atoms with van der Waals surface area (Å²) in [6.45, 7) is -0.0298. The van der Waals surface area contributed by atoms with E-state index >= 15 is 0 Å². The van der Waals surface area contributed by atoms with E-state index in [1.165, 1.54) is 37.6 Å². The molecule has 1 aliphatic carbocycles. The van der Waals surface area contributed by atoms with Gasteiger partial charge in [-0.25, -0.2) is 4.79 Å². The van der Waals surface area contributed by atoms with Crippen molar-refractivity contribution in [2.75, 3.05) is 18.9 Å². The van der Waals surface area contributed by atoms with Gasteiger partial charge < -0.3 is 16.0 Å². The third-order valence-corrected chi connectivity index (χ3v) is 4.75. The molecule has 0 atom stereocenters. The Kier molecular flexibility index (Phi) is 5.92. The van der Waals surface area contributed by atoms with Crippen LogP contribution in [0.5, 0.6) is 0 Å². The van der Waals surface area contributed by atoms with Crippen molar-refractivity contribution in [1.82, 2.24) is 10.6 Å². The van der Waals surface area contributed by atoms with E-state index in [1.807, 2.05) is 36.0 Å². The standard InChI is InChI=1S/C15H21N3O2S/c1-16-14(19)10-17-15(20)18-11-6-8-13(9-7-11)21-12-4-2-3-5-12/h6-9,12H,2-5,10H2,1H3,(H,16,19)(H2,17,18,20). The third kappa shape index (κ3) is 5.30. The Bertz CT molecular complexity index is 484. The van der Waals surface area contributed by atoms with Gasteiger partial charge in [-0.05, 0) is 37.1 Å². The fourth-order valence-electron chi connectivity index (χ4n) is 2.24. The van der Waals surface area contributed by atoms with Gasteiger partial charge in [-0.2, -0.15) is 0 Å². The zero-order chi connectivity index (χ0) is 15.1. The number of carbonyl (C=O) groups is 2. The maximum absolute atomic E-state index is 11.6. The first-order chi connectivity index (χ1) is 10.2. The molecule has 5 nitrogen and oxygen atoms in total. The van der Waals surface area contributed by atoms with Gasteiger partial charge in [0, 0.05) is 22.9 Å². The number of anilines is 1. The average Bonchev–Trinajstić information content (AvgIpc) is 3.00. The van der Waals surface area contributed by atoms with Gasteiger partial charge in [0.05, 0.1) is 6.54 Å². The summed E-state index contributed by atoms with van der Waals surface area (Å²) in [6.07, 6.45) is 5.27. The fourth-order valence-corrected chi connectivity index (χ4v) is 3.49. The summed E-state index contributed by atoms with van der Waals surface area (Å²) in [4.78, 5) is 23.8. The summed E-state index contributed by atoms with van der Waals surface area (Å²) in [5, 5.41) is 8.37. The van der Waals surface area contributed by atoms with Crippen LogP contribution in [-0.4, -0.2) is 30.8 Å². The molecule has 21 heavy (non-hydrogen) atoms. The van der Waals surface area contributed by atoms with E-state index in [-0.39, 0.29) is 18.5 Å². The van der Waals surface area contributed by atoms with Crippen molar-refractivity contribution in [3.05, 3.63) is 24.3 Å². The molecule has 3 amide bonds. The second-order valence-corrected chi connectivity index (χ2v) is 6.40. The molecule has 0 saturated heterocycles. The molecule has 1 aromatic rings. The van der Waals surface area contributed by atoms with E-state index in [2.05, 4.69) is 16.0 Å². The highest BCUT2D eigenvalue weighted by molar-refractivity contribution is 8.00. The van der Waals surface area contributed by atoms with Crippen LogP contribution < -0.4 is 16.0 Å². The SMILES string of the molecule is CNC(=O)CNC(=O)Nc1ccc(SC2CCCC2)cc1. The summed E-state index contributed by atoms with van der Waals surface area (Å²) in [7, 11) is 1.53. The van der Waals surface area contributed by atoms with Crippen LogP contribution in [0.15, 0.2) is 29.2 Å². The molecule has 3 N–H and O–H groups in total. The predicted molar refractivity (Wildman–Crippen MR) is 85.6 cm³/mol. The highest BCUT2D eigenvalue weighted by Gasteiger charge is 2.15. The van der Waals surface area contributed by atoms with Crippen LogP contribution >= 0.6 is 11.8 Å². The minimum atomic E-state index is -0.380. The van der Waals surface area contributed by atoms with E-state index in [0.29, 0.717) is 0 Å². The zero-order valence-corrected chi connectivity index (χ0v) is 13.0. The maximum Gasteiger partial charge on any atom is 0.319 e. The van der Waals surface area contributed by atoms with E-state index in [9.17, 15) is 9.59 Å². The summed E-state index contributed by atoms with van der Waals surface area (Å²) in [5.41, 5.74) is 0.722. The molecule has 114 valence electrons. The van der Waals surface area contributed by atoms with E-state index in [1.54, 1.807) is 0 Å². The van der Waals surface area contributed by atoms with Crippen molar-refractivity contribution in [1.29, 1.82) is 0 Å². The number of thioether (sulfide) groups is 1. The van der Waals surface area contributed by atoms with Gasteiger partial charge in [-0.1, -0.05) is 12.8 Å². The molecule has 0 aromatic heterocycles. The number of likely N-dealkylation sites (N-methyl/N-ethyl adjacent to an activating group) is 1. The lowest BCUT2D eigenvalue weighted by Crippen LogP contribution is -2.37. The first kappa shape index (κ1) is 15.7. The molecule has 6 heteroatoms. The molecule has 0 radical (unpaired) electrons. The second-order valence-electron chi connectivity index (χ2n) is 5.03. The van der Waals surface area contributed by atoms with Crippen molar-refractivity contribution in [2.24, 2.45) is 0 Å². The number of hydrogen-bond acceptors (Lipinski definition) is 3. The summed E-state index contributed by atoms with van der Waals surface area (Å²) in [6, 6.07) is 7.44. The van der Waals surface area contributed by atoms with Crippen LogP contribution in [0.4, 0.5) is 10.5 Å². The van der Waals surface area contributed by atoms with E-state index < -0.39 is 0 Å². The Balaban J connectivity index is 1.78. The Morgan fingerprint density at radius 1 is 1.19 bits per heavy atom. The predicted octanol–water partition coefficient (Wildman–Crippen LogP) is 2.59. The van der Waals surface area contributed by atoms with Gasteiger partial charge in [-0.3, -0.25) is 4.79 Å². The fraction of sp³-hybridized carbons (Fsp3) is 0.467. The number of benzene rings is 1. The molecule has 0 spiro atoms. The lowest BCUT2D eigenvalue weighted by atomic mass is 10.3. The lowest BCUT2D eigenvalue weighted by molar-refractivity contribution is -0.119. The third-order valence-electron chi connectivity index (χ3n) is 3.41. The molecule has 0 aliphatic heterocycles. The number of nitrogens with one attached hydrogen (secondary N) is 3. The zero-order valence-electron chi connectivity index (χ0n) is 12.1. The molecular weight excluding hydrogens is 286 g/mol. The van der Waals surface area contributed by atoms with Crippen molar-refractivity contribution in [3.8, 4) is 0 Å². The lowest BCUT2D eigenvalue weighted by Gasteiger charge is -2.10. The molecule has 0 heterocycles. The van der Waals surface area contributed by atoms with Crippen LogP contribution in [0, 0.1) is 0 Å². The Morgan fingerprint density at radius 3 is 2.48 bits per heavy atom. The normalized spacial score (nSPS) is 14.7. The summed E-state index contributed by atoms with van der Waals surface area (Å²) in [5.74, 6) is -0.228. The monoisotopic (exact) mass is 307 g/mol. The highest BCUT2D eigenvalue weighted by atomic mass is 32.2. The first-order valence-electron chi connectivity index (χ1n) is 7.19. The van der Waals surface area contributed by atoms with Crippen LogP contribution in [0.1, 0.15) is 25.7 Å². The number of hydrogen-bond donors (Lipinski definition) is 3. The largest absolute Gasteiger partial charge is 0.358 e. The molecule has 1 aliphatic rings. The highest BCUT2D eigenvalue weighted by Crippen LogP contribution is 2.34. The average molecular weight is 307 g/mol. The first-order valence-corrected chi connectivity index (χ1v) is 8.07. The Labute approximate surface area is 129 Å². The quantitative estimate of drug-likeness (QED) is 0.783. The van der Waals surface area contributed by atoms with Gasteiger partial charge >= 0.3 is 6.03 Å². The number of carbonyl (C=O) groups excluding carboxylic acids is 2. The summed E-state index contributed by atoms with van der Waals surface area (Å²) < 4.78 is 0. The van der Waals surface area contributed by atoms with Crippen molar-refractivity contribution in [3.63, 3.8) is 0 Å². The molecule has 1 saturated carbocycles. The molecule has 1 aromatic carbocycles. The van der Waals surface area contributed by atoms with Gasteiger partial charge in [-0.15, -0.1) is 11.8 Å². The van der Waals surface area contributed by atoms with Gasteiger partial charge in [0.15, 0.2) is 0 Å². The smallest absolute Gasteiger partial charge is 0.319 e. The second kappa shape index (κ2) is 7.93. The Hall–Kier alpha value is -1.69. The summed E-state index contributed by atoms with van der Waals surface area (Å²) >= 11 is 1.91. The van der Waals surface area contributed by atoms with Crippen molar-refractivity contribution >= 4 is 29.4 Å². The number of amides is 3. The van der Waals surface area contributed by atoms with Crippen molar-refractivity contribution < 1.29 is 9.59 Å². The van der Waals surface area contributed by atoms with E-state index in [4.69, 9.17) is 0 Å².